The molecule has 0 N–H and O–H groups in total. The lowest BCUT2D eigenvalue weighted by molar-refractivity contribution is -0.117. The molecule has 0 aliphatic carbocycles. The van der Waals surface area contributed by atoms with Gasteiger partial charge in [0.15, 0.2) is 0 Å². The summed E-state index contributed by atoms with van der Waals surface area (Å²) >= 11 is 0. The van der Waals surface area contributed by atoms with Gasteiger partial charge in [0.1, 0.15) is 17.0 Å². The minimum Gasteiger partial charge on any atom is -0.491 e. The van der Waals surface area contributed by atoms with Crippen LogP contribution in [0.1, 0.15) is 19.0 Å². The lowest BCUT2D eigenvalue weighted by Gasteiger charge is -2.08. The van der Waals surface area contributed by atoms with Gasteiger partial charge in [-0.1, -0.05) is 18.2 Å². The summed E-state index contributed by atoms with van der Waals surface area (Å²) in [5.74, 6) is 0.877. The number of benzene rings is 1. The molecule has 3 nitrogen and oxygen atoms in total. The maximum atomic E-state index is 10.9. The van der Waals surface area contributed by atoms with Crippen LogP contribution in [0.3, 0.4) is 0 Å². The van der Waals surface area contributed by atoms with Crippen molar-refractivity contribution in [1.82, 2.24) is 4.98 Å². The zero-order chi connectivity index (χ0) is 12.3. The average Bonchev–Trinajstić information content (AvgIpc) is 2.29. The van der Waals surface area contributed by atoms with Gasteiger partial charge in [-0.2, -0.15) is 0 Å². The van der Waals surface area contributed by atoms with Gasteiger partial charge in [-0.15, -0.1) is 0 Å². The van der Waals surface area contributed by atoms with Crippen molar-refractivity contribution in [3.05, 3.63) is 36.0 Å². The molecule has 2 aromatic rings. The molecule has 0 saturated carbocycles. The fourth-order valence-electron chi connectivity index (χ4n) is 1.64. The highest BCUT2D eigenvalue weighted by atomic mass is 16.5. The summed E-state index contributed by atoms with van der Waals surface area (Å²) in [6.07, 6.45) is 0.433. The van der Waals surface area contributed by atoms with E-state index in [4.69, 9.17) is 4.74 Å². The van der Waals surface area contributed by atoms with E-state index in [2.05, 4.69) is 4.98 Å². The van der Waals surface area contributed by atoms with Crippen molar-refractivity contribution in [2.45, 2.75) is 20.3 Å². The number of carbonyl (C=O) groups excluding carboxylic acids is 1. The van der Waals surface area contributed by atoms with Crippen molar-refractivity contribution in [2.75, 3.05) is 6.61 Å². The summed E-state index contributed by atoms with van der Waals surface area (Å²) in [6, 6.07) is 9.81. The molecule has 0 saturated heterocycles. The Morgan fingerprint density at radius 1 is 1.29 bits per heavy atom. The van der Waals surface area contributed by atoms with E-state index in [-0.39, 0.29) is 5.78 Å². The molecule has 0 aliphatic heterocycles. The lowest BCUT2D eigenvalue weighted by atomic mass is 10.2. The van der Waals surface area contributed by atoms with E-state index in [1.807, 2.05) is 37.3 Å². The maximum Gasteiger partial charge on any atom is 0.145 e. The number of para-hydroxylation sites is 1. The van der Waals surface area contributed by atoms with Gasteiger partial charge in [0.25, 0.3) is 0 Å². The van der Waals surface area contributed by atoms with Crippen LogP contribution in [0.2, 0.25) is 0 Å². The number of aromatic nitrogens is 1. The van der Waals surface area contributed by atoms with Crippen LogP contribution < -0.4 is 4.74 Å². The number of fused-ring (bicyclic) bond motifs is 1. The molecule has 0 aliphatic rings. The highest BCUT2D eigenvalue weighted by Gasteiger charge is 2.04. The first kappa shape index (κ1) is 11.6. The zero-order valence-electron chi connectivity index (χ0n) is 10.1. The van der Waals surface area contributed by atoms with E-state index in [0.29, 0.717) is 13.0 Å². The second-order valence-electron chi connectivity index (χ2n) is 4.08. The van der Waals surface area contributed by atoms with Crippen LogP contribution in [-0.4, -0.2) is 17.4 Å². The number of carbonyl (C=O) groups is 1. The third-order valence-electron chi connectivity index (χ3n) is 2.53. The van der Waals surface area contributed by atoms with Crippen LogP contribution in [0, 0.1) is 6.92 Å². The number of aryl methyl sites for hydroxylation is 1. The maximum absolute atomic E-state index is 10.9. The van der Waals surface area contributed by atoms with E-state index < -0.39 is 0 Å². The number of pyridine rings is 1. The Balaban J connectivity index is 2.27. The Morgan fingerprint density at radius 2 is 2.12 bits per heavy atom. The van der Waals surface area contributed by atoms with Gasteiger partial charge < -0.3 is 4.74 Å². The minimum absolute atomic E-state index is 0.134. The van der Waals surface area contributed by atoms with Crippen LogP contribution in [0.4, 0.5) is 0 Å². The van der Waals surface area contributed by atoms with Crippen LogP contribution in [0.15, 0.2) is 30.3 Å². The summed E-state index contributed by atoms with van der Waals surface area (Å²) in [5.41, 5.74) is 1.82. The van der Waals surface area contributed by atoms with Crippen molar-refractivity contribution < 1.29 is 9.53 Å². The zero-order valence-corrected chi connectivity index (χ0v) is 10.1. The Hall–Kier alpha value is -1.90. The SMILES string of the molecule is CC(=O)CCOc1cccc2ccc(C)nc12. The molecule has 0 amide bonds. The third-order valence-corrected chi connectivity index (χ3v) is 2.53. The Labute approximate surface area is 100 Å². The van der Waals surface area contributed by atoms with Gasteiger partial charge in [-0.25, -0.2) is 4.98 Å². The molecule has 2 rings (SSSR count). The smallest absolute Gasteiger partial charge is 0.145 e. The van der Waals surface area contributed by atoms with E-state index in [0.717, 1.165) is 22.3 Å². The lowest BCUT2D eigenvalue weighted by Crippen LogP contribution is -2.03. The number of rotatable bonds is 4. The Bertz CT molecular complexity index is 549. The molecule has 0 atom stereocenters. The first-order valence-electron chi connectivity index (χ1n) is 5.65. The molecular weight excluding hydrogens is 214 g/mol. The number of hydrogen-bond donors (Lipinski definition) is 0. The standard InChI is InChI=1S/C14H15NO2/c1-10-6-7-12-4-3-5-13(14(12)15-10)17-9-8-11(2)16/h3-7H,8-9H2,1-2H3. The van der Waals surface area contributed by atoms with Crippen LogP contribution in [-0.2, 0) is 4.79 Å². The topological polar surface area (TPSA) is 39.2 Å². The fraction of sp³-hybridized carbons (Fsp3) is 0.286. The molecule has 0 unspecified atom stereocenters. The summed E-state index contributed by atoms with van der Waals surface area (Å²) < 4.78 is 5.60. The molecule has 88 valence electrons. The highest BCUT2D eigenvalue weighted by Crippen LogP contribution is 2.23. The first-order valence-corrected chi connectivity index (χ1v) is 5.65. The molecular formula is C14H15NO2. The number of nitrogens with zero attached hydrogens (tertiary/aromatic N) is 1. The fourth-order valence-corrected chi connectivity index (χ4v) is 1.64. The van der Waals surface area contributed by atoms with Gasteiger partial charge in [0, 0.05) is 17.5 Å². The number of hydrogen-bond acceptors (Lipinski definition) is 3. The van der Waals surface area contributed by atoms with Crippen LogP contribution >= 0.6 is 0 Å². The second kappa shape index (κ2) is 4.95. The first-order chi connectivity index (χ1) is 8.16. The number of Topliss-reactive ketones (excluding diaryl/α,β-unsaturated/α-hetero) is 1. The van der Waals surface area contributed by atoms with Crippen LogP contribution in [0.25, 0.3) is 10.9 Å². The molecule has 0 radical (unpaired) electrons. The minimum atomic E-state index is 0.134. The molecule has 17 heavy (non-hydrogen) atoms. The predicted octanol–water partition coefficient (Wildman–Crippen LogP) is 2.90. The molecule has 0 spiro atoms. The van der Waals surface area contributed by atoms with Crippen molar-refractivity contribution in [2.24, 2.45) is 0 Å². The molecule has 1 aromatic carbocycles. The highest BCUT2D eigenvalue weighted by molar-refractivity contribution is 5.84. The summed E-state index contributed by atoms with van der Waals surface area (Å²) in [5, 5.41) is 1.05. The van der Waals surface area contributed by atoms with Gasteiger partial charge >= 0.3 is 0 Å². The quantitative estimate of drug-likeness (QED) is 0.809. The summed E-state index contributed by atoms with van der Waals surface area (Å²) in [6.45, 7) is 3.92. The second-order valence-corrected chi connectivity index (χ2v) is 4.08. The number of ether oxygens (including phenoxy) is 1. The normalized spacial score (nSPS) is 10.5. The van der Waals surface area contributed by atoms with E-state index >= 15 is 0 Å². The van der Waals surface area contributed by atoms with Crippen LogP contribution in [0.5, 0.6) is 5.75 Å². The van der Waals surface area contributed by atoms with Gasteiger partial charge in [-0.3, -0.25) is 4.79 Å². The summed E-state index contributed by atoms with van der Waals surface area (Å²) in [4.78, 5) is 15.3. The monoisotopic (exact) mass is 229 g/mol. The molecule has 1 aromatic heterocycles. The van der Waals surface area contributed by atoms with Gasteiger partial charge in [0.2, 0.25) is 0 Å². The van der Waals surface area contributed by atoms with E-state index in [9.17, 15) is 4.79 Å². The molecule has 1 heterocycles. The van der Waals surface area contributed by atoms with Gasteiger partial charge in [-0.05, 0) is 26.0 Å². The number of ketones is 1. The molecule has 0 bridgehead atoms. The van der Waals surface area contributed by atoms with E-state index in [1.165, 1.54) is 0 Å². The summed E-state index contributed by atoms with van der Waals surface area (Å²) in [7, 11) is 0. The van der Waals surface area contributed by atoms with Crippen molar-refractivity contribution in [3.63, 3.8) is 0 Å². The molecule has 0 fully saturated rings. The average molecular weight is 229 g/mol. The third kappa shape index (κ3) is 2.81. The predicted molar refractivity (Wildman–Crippen MR) is 67.3 cm³/mol. The van der Waals surface area contributed by atoms with Crippen molar-refractivity contribution in [1.29, 1.82) is 0 Å². The van der Waals surface area contributed by atoms with Gasteiger partial charge in [0.05, 0.1) is 6.61 Å². The van der Waals surface area contributed by atoms with Crippen molar-refractivity contribution >= 4 is 16.7 Å². The largest absolute Gasteiger partial charge is 0.491 e. The van der Waals surface area contributed by atoms with E-state index in [1.54, 1.807) is 6.92 Å². The Kier molecular flexibility index (Phi) is 3.38. The van der Waals surface area contributed by atoms with Crippen molar-refractivity contribution in [3.8, 4) is 5.75 Å². The molecule has 3 heteroatoms. The Morgan fingerprint density at radius 3 is 2.88 bits per heavy atom.